The van der Waals surface area contributed by atoms with Gasteiger partial charge in [-0.3, -0.25) is 10.1 Å². The minimum absolute atomic E-state index is 0.0839. The summed E-state index contributed by atoms with van der Waals surface area (Å²) in [5.74, 6) is -0.444. The number of hydrogen-bond donors (Lipinski definition) is 1. The van der Waals surface area contributed by atoms with Crippen LogP contribution in [0.3, 0.4) is 0 Å². The molecule has 0 aliphatic heterocycles. The summed E-state index contributed by atoms with van der Waals surface area (Å²) in [4.78, 5) is 16.9. The third kappa shape index (κ3) is 3.91. The van der Waals surface area contributed by atoms with Crippen LogP contribution in [0.1, 0.15) is 22.8 Å². The van der Waals surface area contributed by atoms with Crippen LogP contribution in [0.4, 0.5) is 13.9 Å². The van der Waals surface area contributed by atoms with Crippen LogP contribution in [-0.2, 0) is 0 Å². The minimum Gasteiger partial charge on any atom is -0.490 e. The molecule has 2 aromatic carbocycles. The number of nitrogens with one attached hydrogen (secondary N) is 1. The maximum Gasteiger partial charge on any atom is 0.387 e. The Morgan fingerprint density at radius 1 is 1.27 bits per heavy atom. The fourth-order valence-corrected chi connectivity index (χ4v) is 3.36. The zero-order valence-corrected chi connectivity index (χ0v) is 14.9. The van der Waals surface area contributed by atoms with E-state index in [9.17, 15) is 13.6 Å². The number of rotatable bonds is 6. The first-order valence-corrected chi connectivity index (χ1v) is 8.68. The molecule has 5 nitrogen and oxygen atoms in total. The van der Waals surface area contributed by atoms with E-state index in [1.807, 2.05) is 25.1 Å². The summed E-state index contributed by atoms with van der Waals surface area (Å²) < 4.78 is 35.6. The molecule has 0 bridgehead atoms. The summed E-state index contributed by atoms with van der Waals surface area (Å²) in [7, 11) is 0. The number of carbonyl (C=O) groups excluding carboxylic acids is 1. The topological polar surface area (TPSA) is 60.5 Å². The standard InChI is InChI=1S/C18H16F2N2O3S/c1-3-24-13-9-11(7-8-12(13)25-17(19)20)16(23)22-18-21-15-10(2)5-4-6-14(15)26-18/h4-9,17H,3H2,1-2H3,(H,21,22,23). The van der Waals surface area contributed by atoms with Gasteiger partial charge in [-0.2, -0.15) is 8.78 Å². The lowest BCUT2D eigenvalue weighted by atomic mass is 10.2. The number of halogens is 2. The SMILES string of the molecule is CCOc1cc(C(=O)Nc2nc3c(C)cccc3s2)ccc1OC(F)F. The fraction of sp³-hybridized carbons (Fsp3) is 0.222. The van der Waals surface area contributed by atoms with Gasteiger partial charge in [-0.1, -0.05) is 23.5 Å². The third-order valence-electron chi connectivity index (χ3n) is 3.56. The second-order valence-corrected chi connectivity index (χ2v) is 6.40. The summed E-state index contributed by atoms with van der Waals surface area (Å²) in [6.07, 6.45) is 0. The summed E-state index contributed by atoms with van der Waals surface area (Å²) in [5.41, 5.74) is 2.11. The molecule has 1 amide bonds. The van der Waals surface area contributed by atoms with Crippen molar-refractivity contribution in [2.75, 3.05) is 11.9 Å². The first-order chi connectivity index (χ1) is 12.5. The number of nitrogens with zero attached hydrogens (tertiary/aromatic N) is 1. The number of aryl methyl sites for hydroxylation is 1. The van der Waals surface area contributed by atoms with Gasteiger partial charge in [0, 0.05) is 5.56 Å². The fourth-order valence-electron chi connectivity index (χ4n) is 2.42. The van der Waals surface area contributed by atoms with Gasteiger partial charge >= 0.3 is 6.61 Å². The predicted molar refractivity (Wildman–Crippen MR) is 96.6 cm³/mol. The molecular formula is C18H16F2N2O3S. The van der Waals surface area contributed by atoms with E-state index in [0.717, 1.165) is 15.8 Å². The van der Waals surface area contributed by atoms with Crippen molar-refractivity contribution >= 4 is 32.6 Å². The van der Waals surface area contributed by atoms with Crippen molar-refractivity contribution < 1.29 is 23.0 Å². The molecule has 3 rings (SSSR count). The van der Waals surface area contributed by atoms with Crippen LogP contribution in [0.25, 0.3) is 10.2 Å². The Labute approximate surface area is 152 Å². The van der Waals surface area contributed by atoms with E-state index in [-0.39, 0.29) is 23.7 Å². The van der Waals surface area contributed by atoms with Crippen molar-refractivity contribution in [3.05, 3.63) is 47.5 Å². The molecule has 0 spiro atoms. The molecule has 0 saturated carbocycles. The van der Waals surface area contributed by atoms with Crippen LogP contribution in [0.15, 0.2) is 36.4 Å². The van der Waals surface area contributed by atoms with E-state index < -0.39 is 12.5 Å². The highest BCUT2D eigenvalue weighted by Gasteiger charge is 2.16. The highest BCUT2D eigenvalue weighted by molar-refractivity contribution is 7.22. The lowest BCUT2D eigenvalue weighted by molar-refractivity contribution is -0.0514. The first kappa shape index (κ1) is 18.1. The highest BCUT2D eigenvalue weighted by Crippen LogP contribution is 2.31. The lowest BCUT2D eigenvalue weighted by Gasteiger charge is -2.12. The van der Waals surface area contributed by atoms with Crippen LogP contribution in [0.5, 0.6) is 11.5 Å². The number of fused-ring (bicyclic) bond motifs is 1. The zero-order chi connectivity index (χ0) is 18.7. The van der Waals surface area contributed by atoms with Gasteiger partial charge < -0.3 is 9.47 Å². The number of ether oxygens (including phenoxy) is 2. The van der Waals surface area contributed by atoms with Crippen LogP contribution in [0.2, 0.25) is 0 Å². The van der Waals surface area contributed by atoms with Crippen molar-refractivity contribution in [3.63, 3.8) is 0 Å². The maximum absolute atomic E-state index is 12.5. The Morgan fingerprint density at radius 3 is 2.77 bits per heavy atom. The summed E-state index contributed by atoms with van der Waals surface area (Å²) in [6.45, 7) is 0.938. The molecule has 0 unspecified atom stereocenters. The van der Waals surface area contributed by atoms with E-state index in [1.165, 1.54) is 29.5 Å². The second-order valence-electron chi connectivity index (χ2n) is 5.37. The summed E-state index contributed by atoms with van der Waals surface area (Å²) in [5, 5.41) is 3.19. The van der Waals surface area contributed by atoms with Crippen LogP contribution in [-0.4, -0.2) is 24.1 Å². The first-order valence-electron chi connectivity index (χ1n) is 7.87. The Kier molecular flexibility index (Phi) is 5.32. The molecule has 26 heavy (non-hydrogen) atoms. The molecule has 0 aliphatic rings. The second kappa shape index (κ2) is 7.65. The van der Waals surface area contributed by atoms with E-state index >= 15 is 0 Å². The van der Waals surface area contributed by atoms with Crippen molar-refractivity contribution in [1.82, 2.24) is 4.98 Å². The van der Waals surface area contributed by atoms with Gasteiger partial charge in [0.15, 0.2) is 16.6 Å². The summed E-state index contributed by atoms with van der Waals surface area (Å²) in [6, 6.07) is 9.86. The number of hydrogen-bond acceptors (Lipinski definition) is 5. The quantitative estimate of drug-likeness (QED) is 0.666. The summed E-state index contributed by atoms with van der Waals surface area (Å²) >= 11 is 1.36. The molecule has 0 aliphatic carbocycles. The number of carbonyl (C=O) groups is 1. The zero-order valence-electron chi connectivity index (χ0n) is 14.1. The van der Waals surface area contributed by atoms with Gasteiger partial charge in [0.05, 0.1) is 16.8 Å². The van der Waals surface area contributed by atoms with Crippen LogP contribution >= 0.6 is 11.3 Å². The normalized spacial score (nSPS) is 11.0. The third-order valence-corrected chi connectivity index (χ3v) is 4.50. The number of aromatic nitrogens is 1. The van der Waals surface area contributed by atoms with Crippen molar-refractivity contribution in [2.45, 2.75) is 20.5 Å². The highest BCUT2D eigenvalue weighted by atomic mass is 32.1. The van der Waals surface area contributed by atoms with E-state index in [2.05, 4.69) is 15.0 Å². The average molecular weight is 378 g/mol. The number of alkyl halides is 2. The average Bonchev–Trinajstić information content (AvgIpc) is 3.00. The Balaban J connectivity index is 1.84. The number of benzene rings is 2. The minimum atomic E-state index is -2.97. The van der Waals surface area contributed by atoms with Gasteiger partial charge in [-0.05, 0) is 43.7 Å². The number of para-hydroxylation sites is 1. The molecule has 1 N–H and O–H groups in total. The Bertz CT molecular complexity index is 943. The molecule has 0 fully saturated rings. The number of anilines is 1. The number of thiazole rings is 1. The monoisotopic (exact) mass is 378 g/mol. The van der Waals surface area contributed by atoms with E-state index in [4.69, 9.17) is 4.74 Å². The van der Waals surface area contributed by atoms with Crippen molar-refractivity contribution in [1.29, 1.82) is 0 Å². The molecule has 8 heteroatoms. The van der Waals surface area contributed by atoms with Gasteiger partial charge in [0.1, 0.15) is 0 Å². The van der Waals surface area contributed by atoms with E-state index in [1.54, 1.807) is 6.92 Å². The lowest BCUT2D eigenvalue weighted by Crippen LogP contribution is -2.12. The molecule has 1 aromatic heterocycles. The molecular weight excluding hydrogens is 362 g/mol. The molecule has 0 saturated heterocycles. The van der Waals surface area contributed by atoms with Crippen molar-refractivity contribution in [3.8, 4) is 11.5 Å². The Hall–Kier alpha value is -2.74. The molecule has 1 heterocycles. The van der Waals surface area contributed by atoms with Gasteiger partial charge in [-0.15, -0.1) is 0 Å². The number of amides is 1. The predicted octanol–water partition coefficient (Wildman–Crippen LogP) is 4.86. The maximum atomic E-state index is 12.5. The van der Waals surface area contributed by atoms with Crippen LogP contribution in [0, 0.1) is 6.92 Å². The molecule has 3 aromatic rings. The molecule has 136 valence electrons. The van der Waals surface area contributed by atoms with Crippen LogP contribution < -0.4 is 14.8 Å². The molecule has 0 radical (unpaired) electrons. The van der Waals surface area contributed by atoms with Gasteiger partial charge in [0.25, 0.3) is 5.91 Å². The van der Waals surface area contributed by atoms with Crippen molar-refractivity contribution in [2.24, 2.45) is 0 Å². The van der Waals surface area contributed by atoms with Gasteiger partial charge in [0.2, 0.25) is 0 Å². The van der Waals surface area contributed by atoms with Gasteiger partial charge in [-0.25, -0.2) is 4.98 Å². The van der Waals surface area contributed by atoms with E-state index in [0.29, 0.717) is 5.13 Å². The smallest absolute Gasteiger partial charge is 0.387 e. The Morgan fingerprint density at radius 2 is 2.08 bits per heavy atom. The largest absolute Gasteiger partial charge is 0.490 e. The molecule has 0 atom stereocenters.